The summed E-state index contributed by atoms with van der Waals surface area (Å²) in [7, 11) is 0. The fourth-order valence-electron chi connectivity index (χ4n) is 3.66. The number of thiazole rings is 1. The van der Waals surface area contributed by atoms with Crippen molar-refractivity contribution >= 4 is 33.2 Å². The van der Waals surface area contributed by atoms with E-state index in [4.69, 9.17) is 4.98 Å². The highest BCUT2D eigenvalue weighted by Crippen LogP contribution is 2.48. The standard InChI is InChI=1S/C20H23BrN2OS/c21-15-9-7-14(8-10-15)20(11-12-20)19(24)22-13-3-6-18-23-16-4-1-2-5-17(16)25-18/h7-10H,1-6,11-13H2,(H,22,24). The molecular formula is C20H23BrN2OS. The number of carbonyl (C=O) groups is 1. The second-order valence-electron chi connectivity index (χ2n) is 7.13. The van der Waals surface area contributed by atoms with Gasteiger partial charge in [0, 0.05) is 22.3 Å². The zero-order valence-corrected chi connectivity index (χ0v) is 16.7. The Kier molecular flexibility index (Phi) is 4.96. The van der Waals surface area contributed by atoms with E-state index in [0.717, 1.165) is 48.7 Å². The number of aryl methyl sites for hydroxylation is 3. The Morgan fingerprint density at radius 2 is 1.96 bits per heavy atom. The molecule has 4 rings (SSSR count). The predicted molar refractivity (Wildman–Crippen MR) is 105 cm³/mol. The van der Waals surface area contributed by atoms with Crippen LogP contribution in [0.1, 0.15) is 53.2 Å². The zero-order valence-electron chi connectivity index (χ0n) is 14.3. The molecule has 2 aliphatic rings. The highest BCUT2D eigenvalue weighted by Gasteiger charge is 2.50. The molecule has 2 aromatic rings. The van der Waals surface area contributed by atoms with E-state index >= 15 is 0 Å². The monoisotopic (exact) mass is 418 g/mol. The van der Waals surface area contributed by atoms with Gasteiger partial charge in [0.15, 0.2) is 0 Å². The van der Waals surface area contributed by atoms with Crippen molar-refractivity contribution in [2.45, 2.75) is 56.8 Å². The SMILES string of the molecule is O=C(NCCCc1nc2c(s1)CCCC2)C1(c2ccc(Br)cc2)CC1. The summed E-state index contributed by atoms with van der Waals surface area (Å²) in [5.41, 5.74) is 2.20. The number of amides is 1. The quantitative estimate of drug-likeness (QED) is 0.698. The van der Waals surface area contributed by atoms with Crippen molar-refractivity contribution in [1.82, 2.24) is 10.3 Å². The molecule has 0 radical (unpaired) electrons. The molecule has 2 aliphatic carbocycles. The Labute approximate surface area is 161 Å². The van der Waals surface area contributed by atoms with Gasteiger partial charge in [0.1, 0.15) is 0 Å². The van der Waals surface area contributed by atoms with Crippen molar-refractivity contribution in [2.75, 3.05) is 6.54 Å². The average molecular weight is 419 g/mol. The zero-order chi connectivity index (χ0) is 17.3. The van der Waals surface area contributed by atoms with Crippen LogP contribution in [0, 0.1) is 0 Å². The van der Waals surface area contributed by atoms with Crippen LogP contribution in [0.4, 0.5) is 0 Å². The Morgan fingerprint density at radius 1 is 1.20 bits per heavy atom. The first-order chi connectivity index (χ1) is 12.2. The Morgan fingerprint density at radius 3 is 2.68 bits per heavy atom. The number of aromatic nitrogens is 1. The molecule has 25 heavy (non-hydrogen) atoms. The molecule has 0 aliphatic heterocycles. The highest BCUT2D eigenvalue weighted by molar-refractivity contribution is 9.10. The van der Waals surface area contributed by atoms with E-state index in [1.54, 1.807) is 0 Å². The summed E-state index contributed by atoms with van der Waals surface area (Å²) in [6, 6.07) is 8.17. The number of rotatable bonds is 6. The largest absolute Gasteiger partial charge is 0.355 e. The lowest BCUT2D eigenvalue weighted by Crippen LogP contribution is -2.35. The smallest absolute Gasteiger partial charge is 0.230 e. The maximum absolute atomic E-state index is 12.6. The minimum atomic E-state index is -0.277. The molecule has 1 saturated carbocycles. The van der Waals surface area contributed by atoms with E-state index in [0.29, 0.717) is 0 Å². The first-order valence-corrected chi connectivity index (χ1v) is 10.8. The Bertz CT molecular complexity index is 741. The van der Waals surface area contributed by atoms with Gasteiger partial charge in [-0.05, 0) is 62.6 Å². The molecule has 1 amide bonds. The molecule has 132 valence electrons. The third-order valence-corrected chi connectivity index (χ3v) is 7.07. The van der Waals surface area contributed by atoms with Gasteiger partial charge < -0.3 is 5.32 Å². The number of benzene rings is 1. The minimum absolute atomic E-state index is 0.188. The molecule has 0 saturated heterocycles. The van der Waals surface area contributed by atoms with Crippen LogP contribution in [0.2, 0.25) is 0 Å². The van der Waals surface area contributed by atoms with Gasteiger partial charge in [-0.1, -0.05) is 28.1 Å². The van der Waals surface area contributed by atoms with E-state index in [1.165, 1.54) is 34.8 Å². The van der Waals surface area contributed by atoms with Crippen LogP contribution in [0.15, 0.2) is 28.7 Å². The molecule has 1 heterocycles. The van der Waals surface area contributed by atoms with Crippen molar-refractivity contribution in [3.8, 4) is 0 Å². The molecule has 0 atom stereocenters. The maximum atomic E-state index is 12.6. The Balaban J connectivity index is 1.28. The van der Waals surface area contributed by atoms with Gasteiger partial charge in [-0.25, -0.2) is 4.98 Å². The van der Waals surface area contributed by atoms with Crippen LogP contribution < -0.4 is 5.32 Å². The molecule has 1 fully saturated rings. The van der Waals surface area contributed by atoms with E-state index < -0.39 is 0 Å². The molecule has 0 unspecified atom stereocenters. The van der Waals surface area contributed by atoms with Crippen LogP contribution in [-0.4, -0.2) is 17.4 Å². The molecule has 1 N–H and O–H groups in total. The number of nitrogens with one attached hydrogen (secondary N) is 1. The van der Waals surface area contributed by atoms with Crippen molar-refractivity contribution in [1.29, 1.82) is 0 Å². The predicted octanol–water partition coefficient (Wildman–Crippen LogP) is 4.57. The summed E-state index contributed by atoms with van der Waals surface area (Å²) in [5.74, 6) is 0.188. The lowest BCUT2D eigenvalue weighted by molar-refractivity contribution is -0.123. The molecule has 0 spiro atoms. The Hall–Kier alpha value is -1.20. The van der Waals surface area contributed by atoms with Crippen molar-refractivity contribution in [3.63, 3.8) is 0 Å². The van der Waals surface area contributed by atoms with E-state index in [2.05, 4.69) is 33.4 Å². The second kappa shape index (κ2) is 7.20. The summed E-state index contributed by atoms with van der Waals surface area (Å²) in [4.78, 5) is 18.9. The van der Waals surface area contributed by atoms with E-state index in [-0.39, 0.29) is 11.3 Å². The summed E-state index contributed by atoms with van der Waals surface area (Å²) >= 11 is 5.34. The van der Waals surface area contributed by atoms with Crippen LogP contribution in [0.3, 0.4) is 0 Å². The van der Waals surface area contributed by atoms with Gasteiger partial charge in [-0.15, -0.1) is 11.3 Å². The molecule has 1 aromatic carbocycles. The van der Waals surface area contributed by atoms with Crippen LogP contribution in [0.25, 0.3) is 0 Å². The number of fused-ring (bicyclic) bond motifs is 1. The molecule has 3 nitrogen and oxygen atoms in total. The van der Waals surface area contributed by atoms with Crippen molar-refractivity contribution in [2.24, 2.45) is 0 Å². The third kappa shape index (κ3) is 3.68. The number of hydrogen-bond acceptors (Lipinski definition) is 3. The van der Waals surface area contributed by atoms with E-state index in [9.17, 15) is 4.79 Å². The van der Waals surface area contributed by atoms with Crippen LogP contribution in [0.5, 0.6) is 0 Å². The van der Waals surface area contributed by atoms with Crippen molar-refractivity contribution in [3.05, 3.63) is 49.9 Å². The normalized spacial score (nSPS) is 17.8. The lowest BCUT2D eigenvalue weighted by atomic mass is 9.95. The molecule has 1 aromatic heterocycles. The highest BCUT2D eigenvalue weighted by atomic mass is 79.9. The summed E-state index contributed by atoms with van der Waals surface area (Å²) in [6.07, 6.45) is 8.81. The number of hydrogen-bond donors (Lipinski definition) is 1. The molecular weight excluding hydrogens is 396 g/mol. The maximum Gasteiger partial charge on any atom is 0.230 e. The van der Waals surface area contributed by atoms with Gasteiger partial charge in [-0.3, -0.25) is 4.79 Å². The third-order valence-electron chi connectivity index (χ3n) is 5.32. The lowest BCUT2D eigenvalue weighted by Gasteiger charge is -2.15. The minimum Gasteiger partial charge on any atom is -0.355 e. The summed E-state index contributed by atoms with van der Waals surface area (Å²) in [5, 5.41) is 4.40. The number of nitrogens with zero attached hydrogens (tertiary/aromatic N) is 1. The van der Waals surface area contributed by atoms with Gasteiger partial charge in [0.05, 0.1) is 16.1 Å². The fourth-order valence-corrected chi connectivity index (χ4v) is 5.13. The first-order valence-electron chi connectivity index (χ1n) is 9.19. The topological polar surface area (TPSA) is 42.0 Å². The van der Waals surface area contributed by atoms with Gasteiger partial charge >= 0.3 is 0 Å². The second-order valence-corrected chi connectivity index (χ2v) is 9.22. The van der Waals surface area contributed by atoms with Crippen LogP contribution in [-0.2, 0) is 29.5 Å². The molecule has 5 heteroatoms. The molecule has 0 bridgehead atoms. The average Bonchev–Trinajstić information content (AvgIpc) is 3.33. The van der Waals surface area contributed by atoms with E-state index in [1.807, 2.05) is 23.5 Å². The number of halogens is 1. The fraction of sp³-hybridized carbons (Fsp3) is 0.500. The summed E-state index contributed by atoms with van der Waals surface area (Å²) < 4.78 is 1.05. The number of carbonyl (C=O) groups excluding carboxylic acids is 1. The van der Waals surface area contributed by atoms with Crippen molar-refractivity contribution < 1.29 is 4.79 Å². The van der Waals surface area contributed by atoms with Gasteiger partial charge in [0.25, 0.3) is 0 Å². The van der Waals surface area contributed by atoms with Gasteiger partial charge in [0.2, 0.25) is 5.91 Å². The summed E-state index contributed by atoms with van der Waals surface area (Å²) in [6.45, 7) is 0.737. The van der Waals surface area contributed by atoms with Gasteiger partial charge in [-0.2, -0.15) is 0 Å². The van der Waals surface area contributed by atoms with Crippen LogP contribution >= 0.6 is 27.3 Å². The first kappa shape index (κ1) is 17.2.